The van der Waals surface area contributed by atoms with Gasteiger partial charge in [-0.25, -0.2) is 4.98 Å². The second kappa shape index (κ2) is 5.11. The van der Waals surface area contributed by atoms with Crippen LogP contribution in [0.1, 0.15) is 5.69 Å². The first kappa shape index (κ1) is 10.4. The minimum absolute atomic E-state index is 0.497. The fourth-order valence-corrected chi connectivity index (χ4v) is 1.30. The molecule has 0 spiro atoms. The number of hydrogen-bond donors (Lipinski definition) is 1. The van der Waals surface area contributed by atoms with Crippen molar-refractivity contribution < 1.29 is 4.74 Å². The Morgan fingerprint density at radius 1 is 1.12 bits per heavy atom. The van der Waals surface area contributed by atoms with E-state index >= 15 is 0 Å². The summed E-state index contributed by atoms with van der Waals surface area (Å²) in [5.41, 5.74) is 6.49. The summed E-state index contributed by atoms with van der Waals surface area (Å²) >= 11 is 0. The Morgan fingerprint density at radius 2 is 2.06 bits per heavy atom. The number of nitrogens with zero attached hydrogens (tertiary/aromatic N) is 2. The number of nitrogen functional groups attached to an aromatic ring is 1. The summed E-state index contributed by atoms with van der Waals surface area (Å²) in [5.74, 6) is 1.22. The largest absolute Gasteiger partial charge is 0.492 e. The van der Waals surface area contributed by atoms with Gasteiger partial charge in [0.05, 0.1) is 12.8 Å². The Bertz CT molecular complexity index is 428. The third-order valence-electron chi connectivity index (χ3n) is 2.11. The molecule has 2 N–H and O–H groups in total. The van der Waals surface area contributed by atoms with Crippen molar-refractivity contribution in [2.45, 2.75) is 6.42 Å². The maximum atomic E-state index is 5.51. The first-order valence-electron chi connectivity index (χ1n) is 5.09. The second-order valence-corrected chi connectivity index (χ2v) is 3.34. The lowest BCUT2D eigenvalue weighted by molar-refractivity contribution is 0.319. The molecule has 0 aliphatic rings. The molecule has 0 radical (unpaired) electrons. The van der Waals surface area contributed by atoms with E-state index in [2.05, 4.69) is 9.97 Å². The summed E-state index contributed by atoms with van der Waals surface area (Å²) in [5, 5.41) is 0. The molecule has 2 rings (SSSR count). The van der Waals surface area contributed by atoms with Crippen LogP contribution in [0.2, 0.25) is 0 Å². The molecule has 0 unspecified atom stereocenters. The summed E-state index contributed by atoms with van der Waals surface area (Å²) < 4.78 is 5.51. The van der Waals surface area contributed by atoms with Crippen LogP contribution < -0.4 is 10.5 Å². The highest BCUT2D eigenvalue weighted by molar-refractivity contribution is 5.32. The average Bonchev–Trinajstić information content (AvgIpc) is 2.33. The number of pyridine rings is 2. The minimum atomic E-state index is 0.497. The van der Waals surface area contributed by atoms with Crippen LogP contribution in [0.15, 0.2) is 42.7 Å². The van der Waals surface area contributed by atoms with E-state index in [1.165, 1.54) is 0 Å². The number of ether oxygens (including phenoxy) is 1. The second-order valence-electron chi connectivity index (χ2n) is 3.34. The molecule has 16 heavy (non-hydrogen) atoms. The van der Waals surface area contributed by atoms with E-state index in [1.54, 1.807) is 24.5 Å². The summed E-state index contributed by atoms with van der Waals surface area (Å²) in [6, 6.07) is 9.36. The highest BCUT2D eigenvalue weighted by Gasteiger charge is 1.96. The van der Waals surface area contributed by atoms with Gasteiger partial charge in [0, 0.05) is 18.3 Å². The highest BCUT2D eigenvalue weighted by atomic mass is 16.5. The standard InChI is InChI=1S/C12H13N3O/c13-12-5-4-11(9-15-12)16-8-6-10-3-1-2-7-14-10/h1-5,7,9H,6,8H2,(H2,13,15). The zero-order valence-electron chi connectivity index (χ0n) is 8.84. The molecule has 4 nitrogen and oxygen atoms in total. The SMILES string of the molecule is Nc1ccc(OCCc2ccccn2)cn1. The first-order chi connectivity index (χ1) is 7.84. The molecule has 2 heterocycles. The van der Waals surface area contributed by atoms with Gasteiger partial charge in [-0.3, -0.25) is 4.98 Å². The van der Waals surface area contributed by atoms with Gasteiger partial charge in [-0.05, 0) is 24.3 Å². The molecule has 82 valence electrons. The van der Waals surface area contributed by atoms with Crippen molar-refractivity contribution >= 4 is 5.82 Å². The summed E-state index contributed by atoms with van der Waals surface area (Å²) in [6.45, 7) is 0.586. The van der Waals surface area contributed by atoms with Gasteiger partial charge in [-0.15, -0.1) is 0 Å². The Balaban J connectivity index is 1.82. The monoisotopic (exact) mass is 215 g/mol. The van der Waals surface area contributed by atoms with E-state index in [4.69, 9.17) is 10.5 Å². The predicted octanol–water partition coefficient (Wildman–Crippen LogP) is 1.68. The molecule has 0 aliphatic carbocycles. The zero-order chi connectivity index (χ0) is 11.2. The zero-order valence-corrected chi connectivity index (χ0v) is 8.84. The molecule has 0 aliphatic heterocycles. The third-order valence-corrected chi connectivity index (χ3v) is 2.11. The van der Waals surface area contributed by atoms with Gasteiger partial charge in [0.1, 0.15) is 11.6 Å². The average molecular weight is 215 g/mol. The number of anilines is 1. The van der Waals surface area contributed by atoms with Gasteiger partial charge in [0.15, 0.2) is 0 Å². The molecule has 4 heteroatoms. The van der Waals surface area contributed by atoms with Crippen molar-refractivity contribution in [1.29, 1.82) is 0 Å². The normalized spacial score (nSPS) is 10.0. The van der Waals surface area contributed by atoms with Crippen LogP contribution in [0.4, 0.5) is 5.82 Å². The van der Waals surface area contributed by atoms with Gasteiger partial charge < -0.3 is 10.5 Å². The molecule has 0 bridgehead atoms. The Kier molecular flexibility index (Phi) is 3.33. The van der Waals surface area contributed by atoms with Gasteiger partial charge in [-0.2, -0.15) is 0 Å². The van der Waals surface area contributed by atoms with Crippen molar-refractivity contribution in [3.05, 3.63) is 48.4 Å². The van der Waals surface area contributed by atoms with E-state index in [0.29, 0.717) is 12.4 Å². The van der Waals surface area contributed by atoms with Gasteiger partial charge in [0.25, 0.3) is 0 Å². The Labute approximate surface area is 94.1 Å². The van der Waals surface area contributed by atoms with Gasteiger partial charge in [-0.1, -0.05) is 6.07 Å². The number of hydrogen-bond acceptors (Lipinski definition) is 4. The van der Waals surface area contributed by atoms with Crippen LogP contribution in [0.3, 0.4) is 0 Å². The predicted molar refractivity (Wildman–Crippen MR) is 62.1 cm³/mol. The topological polar surface area (TPSA) is 61.0 Å². The highest BCUT2D eigenvalue weighted by Crippen LogP contribution is 2.10. The molecular weight excluding hydrogens is 202 g/mol. The van der Waals surface area contributed by atoms with Crippen molar-refractivity contribution in [1.82, 2.24) is 9.97 Å². The molecule has 0 fully saturated rings. The van der Waals surface area contributed by atoms with E-state index in [9.17, 15) is 0 Å². The van der Waals surface area contributed by atoms with Crippen molar-refractivity contribution in [3.8, 4) is 5.75 Å². The number of rotatable bonds is 4. The molecule has 0 aromatic carbocycles. The lowest BCUT2D eigenvalue weighted by atomic mass is 10.3. The first-order valence-corrected chi connectivity index (χ1v) is 5.09. The number of nitrogens with two attached hydrogens (primary N) is 1. The Hall–Kier alpha value is -2.10. The van der Waals surface area contributed by atoms with Crippen molar-refractivity contribution in [2.75, 3.05) is 12.3 Å². The smallest absolute Gasteiger partial charge is 0.137 e. The molecule has 2 aromatic heterocycles. The van der Waals surface area contributed by atoms with E-state index in [-0.39, 0.29) is 0 Å². The van der Waals surface area contributed by atoms with Crippen LogP contribution in [-0.4, -0.2) is 16.6 Å². The van der Waals surface area contributed by atoms with Crippen LogP contribution >= 0.6 is 0 Å². The van der Waals surface area contributed by atoms with Crippen LogP contribution in [-0.2, 0) is 6.42 Å². The molecular formula is C12H13N3O. The lowest BCUT2D eigenvalue weighted by Gasteiger charge is -2.05. The maximum absolute atomic E-state index is 5.51. The molecule has 0 saturated carbocycles. The van der Waals surface area contributed by atoms with Crippen LogP contribution in [0, 0.1) is 0 Å². The van der Waals surface area contributed by atoms with Gasteiger partial charge in [0.2, 0.25) is 0 Å². The van der Waals surface area contributed by atoms with E-state index in [0.717, 1.165) is 17.9 Å². The Morgan fingerprint density at radius 3 is 2.75 bits per heavy atom. The summed E-state index contributed by atoms with van der Waals surface area (Å²) in [6.07, 6.45) is 4.18. The quantitative estimate of drug-likeness (QED) is 0.842. The summed E-state index contributed by atoms with van der Waals surface area (Å²) in [7, 11) is 0. The van der Waals surface area contributed by atoms with Gasteiger partial charge >= 0.3 is 0 Å². The van der Waals surface area contributed by atoms with Crippen LogP contribution in [0.25, 0.3) is 0 Å². The lowest BCUT2D eigenvalue weighted by Crippen LogP contribution is -2.03. The third kappa shape index (κ3) is 2.95. The molecule has 0 atom stereocenters. The molecule has 0 saturated heterocycles. The maximum Gasteiger partial charge on any atom is 0.137 e. The van der Waals surface area contributed by atoms with Crippen molar-refractivity contribution in [2.24, 2.45) is 0 Å². The van der Waals surface area contributed by atoms with E-state index < -0.39 is 0 Å². The van der Waals surface area contributed by atoms with Crippen LogP contribution in [0.5, 0.6) is 5.75 Å². The van der Waals surface area contributed by atoms with Crippen molar-refractivity contribution in [3.63, 3.8) is 0 Å². The minimum Gasteiger partial charge on any atom is -0.492 e. The molecule has 0 amide bonds. The number of aromatic nitrogens is 2. The fourth-order valence-electron chi connectivity index (χ4n) is 1.30. The summed E-state index contributed by atoms with van der Waals surface area (Å²) in [4.78, 5) is 8.15. The fraction of sp³-hybridized carbons (Fsp3) is 0.167. The molecule has 2 aromatic rings. The van der Waals surface area contributed by atoms with E-state index in [1.807, 2.05) is 18.2 Å².